The summed E-state index contributed by atoms with van der Waals surface area (Å²) in [5.41, 5.74) is 5.55. The van der Waals surface area contributed by atoms with E-state index in [-0.39, 0.29) is 10.6 Å². The number of hydrogen-bond acceptors (Lipinski definition) is 4. The Morgan fingerprint density at radius 2 is 2.00 bits per heavy atom. The molecular formula is C11H11N3O3S. The zero-order valence-electron chi connectivity index (χ0n) is 9.54. The maximum absolute atomic E-state index is 11.8. The van der Waals surface area contributed by atoms with Gasteiger partial charge in [-0.1, -0.05) is 18.2 Å². The first-order chi connectivity index (χ1) is 8.45. The van der Waals surface area contributed by atoms with Gasteiger partial charge in [0.15, 0.2) is 5.03 Å². The van der Waals surface area contributed by atoms with Crippen molar-refractivity contribution in [3.8, 4) is 0 Å². The molecule has 2 rings (SSSR count). The lowest BCUT2D eigenvalue weighted by molar-refractivity contribution is 0.0996. The summed E-state index contributed by atoms with van der Waals surface area (Å²) >= 11 is 0. The van der Waals surface area contributed by atoms with Crippen LogP contribution in [0.4, 0.5) is 0 Å². The van der Waals surface area contributed by atoms with Gasteiger partial charge in [0.1, 0.15) is 0 Å². The number of fused-ring (bicyclic) bond motifs is 1. The molecule has 94 valence electrons. The van der Waals surface area contributed by atoms with Crippen molar-refractivity contribution < 1.29 is 13.2 Å². The maximum Gasteiger partial charge on any atom is 0.258 e. The molecule has 0 saturated carbocycles. The van der Waals surface area contributed by atoms with Crippen molar-refractivity contribution in [3.05, 3.63) is 35.9 Å². The van der Waals surface area contributed by atoms with Gasteiger partial charge in [0, 0.05) is 5.39 Å². The van der Waals surface area contributed by atoms with Crippen molar-refractivity contribution in [2.24, 2.45) is 5.73 Å². The first-order valence-electron chi connectivity index (χ1n) is 5.09. The highest BCUT2D eigenvalue weighted by Crippen LogP contribution is 2.19. The molecule has 0 saturated heterocycles. The third-order valence-corrected chi connectivity index (χ3v) is 3.84. The van der Waals surface area contributed by atoms with E-state index in [4.69, 9.17) is 5.73 Å². The Morgan fingerprint density at radius 1 is 1.33 bits per heavy atom. The van der Waals surface area contributed by atoms with Crippen LogP contribution in [0.15, 0.2) is 35.4 Å². The van der Waals surface area contributed by atoms with Crippen molar-refractivity contribution in [1.29, 1.82) is 0 Å². The van der Waals surface area contributed by atoms with Crippen LogP contribution in [0.5, 0.6) is 0 Å². The van der Waals surface area contributed by atoms with E-state index in [1.807, 2.05) is 0 Å². The molecule has 0 aliphatic heterocycles. The summed E-state index contributed by atoms with van der Waals surface area (Å²) < 4.78 is 25.7. The molecule has 18 heavy (non-hydrogen) atoms. The van der Waals surface area contributed by atoms with Gasteiger partial charge in [-0.15, -0.1) is 0 Å². The Morgan fingerprint density at radius 3 is 2.61 bits per heavy atom. The molecule has 1 aromatic carbocycles. The Labute approximate surface area is 104 Å². The molecule has 6 nitrogen and oxygen atoms in total. The summed E-state index contributed by atoms with van der Waals surface area (Å²) in [5.74, 6) is -0.831. The number of sulfonamides is 1. The second kappa shape index (κ2) is 4.35. The highest BCUT2D eigenvalue weighted by molar-refractivity contribution is 7.89. The van der Waals surface area contributed by atoms with Gasteiger partial charge in [0.25, 0.3) is 15.9 Å². The quantitative estimate of drug-likeness (QED) is 0.829. The van der Waals surface area contributed by atoms with E-state index >= 15 is 0 Å². The summed E-state index contributed by atoms with van der Waals surface area (Å²) in [6.07, 6.45) is 0. The average Bonchev–Trinajstić information content (AvgIpc) is 2.37. The molecule has 1 heterocycles. The Hall–Kier alpha value is -1.99. The molecule has 0 spiro atoms. The lowest BCUT2D eigenvalue weighted by Gasteiger charge is -2.08. The van der Waals surface area contributed by atoms with E-state index in [0.717, 1.165) is 0 Å². The highest BCUT2D eigenvalue weighted by atomic mass is 32.2. The normalized spacial score (nSPS) is 11.6. The van der Waals surface area contributed by atoms with Crippen LogP contribution in [0.1, 0.15) is 10.4 Å². The van der Waals surface area contributed by atoms with Crippen LogP contribution in [0.25, 0.3) is 10.9 Å². The second-order valence-electron chi connectivity index (χ2n) is 3.61. The number of para-hydroxylation sites is 1. The summed E-state index contributed by atoms with van der Waals surface area (Å²) in [4.78, 5) is 15.3. The number of nitrogens with two attached hydrogens (primary N) is 1. The molecule has 0 aliphatic carbocycles. The van der Waals surface area contributed by atoms with E-state index in [1.54, 1.807) is 24.3 Å². The van der Waals surface area contributed by atoms with Crippen molar-refractivity contribution in [2.75, 3.05) is 7.05 Å². The molecule has 0 unspecified atom stereocenters. The highest BCUT2D eigenvalue weighted by Gasteiger charge is 2.22. The number of pyridine rings is 1. The van der Waals surface area contributed by atoms with E-state index in [2.05, 4.69) is 9.71 Å². The number of carbonyl (C=O) groups is 1. The molecule has 0 radical (unpaired) electrons. The fraction of sp³-hybridized carbons (Fsp3) is 0.0909. The van der Waals surface area contributed by atoms with Crippen LogP contribution in [-0.2, 0) is 10.0 Å². The van der Waals surface area contributed by atoms with E-state index in [9.17, 15) is 13.2 Å². The summed E-state index contributed by atoms with van der Waals surface area (Å²) in [5, 5.41) is 0.303. The number of benzene rings is 1. The molecule has 0 aliphatic rings. The minimum Gasteiger partial charge on any atom is -0.366 e. The standard InChI is InChI=1S/C11H11N3O3S/c1-13-18(16,17)11-8(10(12)15)6-7-4-2-3-5-9(7)14-11/h2-6,13H,1H3,(H2,12,15). The predicted octanol–water partition coefficient (Wildman–Crippen LogP) is 0.242. The number of carbonyl (C=O) groups excluding carboxylic acids is 1. The van der Waals surface area contributed by atoms with Crippen LogP contribution in [0, 0.1) is 0 Å². The zero-order valence-corrected chi connectivity index (χ0v) is 10.4. The lowest BCUT2D eigenvalue weighted by Crippen LogP contribution is -2.25. The molecule has 2 aromatic rings. The minimum atomic E-state index is -3.83. The van der Waals surface area contributed by atoms with Gasteiger partial charge in [0.05, 0.1) is 11.1 Å². The largest absolute Gasteiger partial charge is 0.366 e. The molecule has 0 atom stereocenters. The fourth-order valence-electron chi connectivity index (χ4n) is 1.58. The van der Waals surface area contributed by atoms with Gasteiger partial charge in [-0.25, -0.2) is 18.1 Å². The van der Waals surface area contributed by atoms with Gasteiger partial charge in [0.2, 0.25) is 0 Å². The third-order valence-electron chi connectivity index (χ3n) is 2.48. The molecular weight excluding hydrogens is 254 g/mol. The summed E-state index contributed by atoms with van der Waals surface area (Å²) in [6, 6.07) is 8.31. The SMILES string of the molecule is CNS(=O)(=O)c1nc2ccccc2cc1C(N)=O. The summed E-state index contributed by atoms with van der Waals surface area (Å²) in [6.45, 7) is 0. The Bertz CT molecular complexity index is 725. The fourth-order valence-corrected chi connectivity index (χ4v) is 2.44. The topological polar surface area (TPSA) is 102 Å². The van der Waals surface area contributed by atoms with Crippen LogP contribution in [0.2, 0.25) is 0 Å². The number of amides is 1. The van der Waals surface area contributed by atoms with E-state index in [1.165, 1.54) is 13.1 Å². The molecule has 1 amide bonds. The van der Waals surface area contributed by atoms with Gasteiger partial charge >= 0.3 is 0 Å². The lowest BCUT2D eigenvalue weighted by atomic mass is 10.1. The molecule has 7 heteroatoms. The molecule has 0 bridgehead atoms. The first kappa shape index (κ1) is 12.5. The number of nitrogens with zero attached hydrogens (tertiary/aromatic N) is 1. The first-order valence-corrected chi connectivity index (χ1v) is 6.57. The molecule has 0 fully saturated rings. The van der Waals surface area contributed by atoms with Crippen molar-refractivity contribution in [1.82, 2.24) is 9.71 Å². The number of hydrogen-bond donors (Lipinski definition) is 2. The van der Waals surface area contributed by atoms with Crippen molar-refractivity contribution in [3.63, 3.8) is 0 Å². The monoisotopic (exact) mass is 265 g/mol. The Kier molecular flexibility index (Phi) is 3.02. The van der Waals surface area contributed by atoms with Crippen molar-refractivity contribution >= 4 is 26.8 Å². The smallest absolute Gasteiger partial charge is 0.258 e. The van der Waals surface area contributed by atoms with Gasteiger partial charge in [-0.3, -0.25) is 4.79 Å². The number of rotatable bonds is 3. The number of primary amides is 1. The number of aromatic nitrogens is 1. The van der Waals surface area contributed by atoms with Crippen LogP contribution < -0.4 is 10.5 Å². The van der Waals surface area contributed by atoms with Crippen molar-refractivity contribution in [2.45, 2.75) is 5.03 Å². The number of nitrogens with one attached hydrogen (secondary N) is 1. The van der Waals surface area contributed by atoms with Crippen LogP contribution in [0.3, 0.4) is 0 Å². The Balaban J connectivity index is 2.86. The van der Waals surface area contributed by atoms with Gasteiger partial charge in [-0.05, 0) is 19.2 Å². The van der Waals surface area contributed by atoms with Gasteiger partial charge < -0.3 is 5.73 Å². The molecule has 1 aromatic heterocycles. The average molecular weight is 265 g/mol. The van der Waals surface area contributed by atoms with E-state index in [0.29, 0.717) is 10.9 Å². The van der Waals surface area contributed by atoms with Crippen LogP contribution in [-0.4, -0.2) is 26.4 Å². The third kappa shape index (κ3) is 2.05. The van der Waals surface area contributed by atoms with E-state index < -0.39 is 15.9 Å². The predicted molar refractivity (Wildman–Crippen MR) is 66.5 cm³/mol. The second-order valence-corrected chi connectivity index (χ2v) is 5.41. The van der Waals surface area contributed by atoms with Crippen LogP contribution >= 0.6 is 0 Å². The minimum absolute atomic E-state index is 0.122. The zero-order chi connectivity index (χ0) is 13.3. The van der Waals surface area contributed by atoms with Gasteiger partial charge in [-0.2, -0.15) is 0 Å². The summed E-state index contributed by atoms with van der Waals surface area (Å²) in [7, 11) is -2.58. The maximum atomic E-state index is 11.8. The molecule has 3 N–H and O–H groups in total.